The highest BCUT2D eigenvalue weighted by Crippen LogP contribution is 2.43. The molecule has 2 aromatic carbocycles. The minimum Gasteiger partial charge on any atom is -0.342 e. The van der Waals surface area contributed by atoms with Crippen molar-refractivity contribution in [2.75, 3.05) is 0 Å². The van der Waals surface area contributed by atoms with Crippen molar-refractivity contribution >= 4 is 27.7 Å². The number of nitrogens with one attached hydrogen (secondary N) is 1. The van der Waals surface area contributed by atoms with Crippen molar-refractivity contribution < 1.29 is 9.18 Å². The molecule has 1 aliphatic rings. The summed E-state index contributed by atoms with van der Waals surface area (Å²) in [6.07, 6.45) is 6.23. The van der Waals surface area contributed by atoms with Gasteiger partial charge in [0.25, 0.3) is 0 Å². The SMILES string of the molecule is CC(=O)c1ccc2nc(C(C)C3CCC(c4ccnc5ccc(F)cc45)CC3)[nH]c2c1. The molecule has 0 radical (unpaired) electrons. The van der Waals surface area contributed by atoms with E-state index in [0.29, 0.717) is 23.3 Å². The van der Waals surface area contributed by atoms with Gasteiger partial charge in [0.15, 0.2) is 5.78 Å². The van der Waals surface area contributed by atoms with Crippen molar-refractivity contribution in [1.29, 1.82) is 0 Å². The molecule has 0 amide bonds. The number of fused-ring (bicyclic) bond motifs is 2. The fourth-order valence-corrected chi connectivity index (χ4v) is 5.11. The summed E-state index contributed by atoms with van der Waals surface area (Å²) in [6.45, 7) is 3.83. The van der Waals surface area contributed by atoms with Crippen molar-refractivity contribution in [1.82, 2.24) is 15.0 Å². The van der Waals surface area contributed by atoms with Crippen LogP contribution in [-0.2, 0) is 0 Å². The molecule has 4 aromatic rings. The van der Waals surface area contributed by atoms with Gasteiger partial charge in [-0.15, -0.1) is 0 Å². The van der Waals surface area contributed by atoms with Crippen LogP contribution in [0.3, 0.4) is 0 Å². The van der Waals surface area contributed by atoms with Crippen LogP contribution in [0.15, 0.2) is 48.7 Å². The Balaban J connectivity index is 1.33. The first-order valence-electron chi connectivity index (χ1n) is 11.0. The first kappa shape index (κ1) is 19.9. The lowest BCUT2D eigenvalue weighted by molar-refractivity contribution is 0.101. The van der Waals surface area contributed by atoms with Crippen LogP contribution in [0, 0.1) is 11.7 Å². The zero-order valence-electron chi connectivity index (χ0n) is 17.9. The molecule has 4 nitrogen and oxygen atoms in total. The van der Waals surface area contributed by atoms with Crippen LogP contribution >= 0.6 is 0 Å². The van der Waals surface area contributed by atoms with E-state index < -0.39 is 0 Å². The summed E-state index contributed by atoms with van der Waals surface area (Å²) in [4.78, 5) is 24.3. The van der Waals surface area contributed by atoms with Gasteiger partial charge in [0.2, 0.25) is 0 Å². The second-order valence-electron chi connectivity index (χ2n) is 8.87. The van der Waals surface area contributed by atoms with E-state index in [4.69, 9.17) is 4.98 Å². The van der Waals surface area contributed by atoms with Gasteiger partial charge in [-0.25, -0.2) is 9.37 Å². The third-order valence-electron chi connectivity index (χ3n) is 6.99. The van der Waals surface area contributed by atoms with E-state index in [1.807, 2.05) is 24.4 Å². The van der Waals surface area contributed by atoms with Crippen LogP contribution in [0.5, 0.6) is 0 Å². The van der Waals surface area contributed by atoms with Crippen LogP contribution in [0.4, 0.5) is 4.39 Å². The second kappa shape index (κ2) is 7.88. The minimum absolute atomic E-state index is 0.0629. The number of carbonyl (C=O) groups is 1. The van der Waals surface area contributed by atoms with E-state index >= 15 is 0 Å². The number of imidazole rings is 1. The average Bonchev–Trinajstić information content (AvgIpc) is 3.21. The van der Waals surface area contributed by atoms with E-state index in [9.17, 15) is 9.18 Å². The Kier molecular flexibility index (Phi) is 5.05. The Morgan fingerprint density at radius 3 is 2.61 bits per heavy atom. The van der Waals surface area contributed by atoms with Gasteiger partial charge in [0.1, 0.15) is 11.6 Å². The standard InChI is InChI=1S/C26H26FN3O/c1-15(26-29-24-9-7-19(16(2)31)13-25(24)30-26)17-3-5-18(6-4-17)21-11-12-28-23-10-8-20(27)14-22(21)23/h7-15,17-18H,3-6H2,1-2H3,(H,29,30). The Hall–Kier alpha value is -3.08. The van der Waals surface area contributed by atoms with Crippen LogP contribution in [-0.4, -0.2) is 20.7 Å². The number of hydrogen-bond donors (Lipinski definition) is 1. The quantitative estimate of drug-likeness (QED) is 0.386. The van der Waals surface area contributed by atoms with Crippen LogP contribution < -0.4 is 0 Å². The van der Waals surface area contributed by atoms with Crippen molar-refractivity contribution in [3.8, 4) is 0 Å². The molecule has 5 heteroatoms. The minimum atomic E-state index is -0.207. The lowest BCUT2D eigenvalue weighted by Gasteiger charge is -2.32. The molecule has 1 saturated carbocycles. The number of hydrogen-bond acceptors (Lipinski definition) is 3. The molecular formula is C26H26FN3O. The van der Waals surface area contributed by atoms with Gasteiger partial charge < -0.3 is 4.98 Å². The molecule has 158 valence electrons. The molecule has 1 unspecified atom stereocenters. The summed E-state index contributed by atoms with van der Waals surface area (Å²) < 4.78 is 13.8. The third-order valence-corrected chi connectivity index (χ3v) is 6.99. The summed E-state index contributed by atoms with van der Waals surface area (Å²) in [7, 11) is 0. The molecule has 31 heavy (non-hydrogen) atoms. The number of pyridine rings is 1. The van der Waals surface area contributed by atoms with Crippen molar-refractivity contribution in [2.45, 2.75) is 51.4 Å². The first-order chi connectivity index (χ1) is 15.0. The number of H-pyrrole nitrogens is 1. The number of aromatic nitrogens is 3. The predicted octanol–water partition coefficient (Wildman–Crippen LogP) is 6.53. The number of benzene rings is 2. The number of ketones is 1. The van der Waals surface area contributed by atoms with E-state index in [1.54, 1.807) is 19.1 Å². The highest BCUT2D eigenvalue weighted by molar-refractivity contribution is 5.97. The summed E-state index contributed by atoms with van der Waals surface area (Å²) in [5.74, 6) is 2.16. The second-order valence-corrected chi connectivity index (χ2v) is 8.87. The molecule has 5 rings (SSSR count). The molecule has 2 aromatic heterocycles. The molecule has 0 saturated heterocycles. The summed E-state index contributed by atoms with van der Waals surface area (Å²) in [5.41, 5.74) is 4.62. The maximum absolute atomic E-state index is 13.8. The fourth-order valence-electron chi connectivity index (χ4n) is 5.11. The molecule has 0 spiro atoms. The maximum Gasteiger partial charge on any atom is 0.159 e. The normalized spacial score (nSPS) is 20.2. The zero-order valence-corrected chi connectivity index (χ0v) is 17.9. The molecule has 1 atom stereocenters. The molecule has 2 heterocycles. The highest BCUT2D eigenvalue weighted by atomic mass is 19.1. The van der Waals surface area contributed by atoms with Crippen molar-refractivity contribution in [2.24, 2.45) is 5.92 Å². The topological polar surface area (TPSA) is 58.6 Å². The number of carbonyl (C=O) groups excluding carboxylic acids is 1. The summed E-state index contributed by atoms with van der Waals surface area (Å²) in [5, 5.41) is 0.942. The number of Topliss-reactive ketones (excluding diaryl/α,β-unsaturated/α-hetero) is 1. The van der Waals surface area contributed by atoms with E-state index in [2.05, 4.69) is 23.0 Å². The largest absolute Gasteiger partial charge is 0.342 e. The Morgan fingerprint density at radius 1 is 1.06 bits per heavy atom. The molecule has 1 aliphatic carbocycles. The Morgan fingerprint density at radius 2 is 1.84 bits per heavy atom. The lowest BCUT2D eigenvalue weighted by Crippen LogP contribution is -2.19. The Bertz CT molecular complexity index is 1270. The van der Waals surface area contributed by atoms with Gasteiger partial charge in [0.05, 0.1) is 16.6 Å². The maximum atomic E-state index is 13.8. The molecule has 1 fully saturated rings. The van der Waals surface area contributed by atoms with Crippen LogP contribution in [0.25, 0.3) is 21.9 Å². The van der Waals surface area contributed by atoms with Gasteiger partial charge >= 0.3 is 0 Å². The van der Waals surface area contributed by atoms with Crippen LogP contribution in [0.1, 0.15) is 73.1 Å². The molecule has 0 aliphatic heterocycles. The predicted molar refractivity (Wildman–Crippen MR) is 121 cm³/mol. The zero-order chi connectivity index (χ0) is 21.5. The monoisotopic (exact) mass is 415 g/mol. The van der Waals surface area contributed by atoms with Crippen molar-refractivity contribution in [3.63, 3.8) is 0 Å². The summed E-state index contributed by atoms with van der Waals surface area (Å²) in [6, 6.07) is 12.6. The number of aromatic amines is 1. The van der Waals surface area contributed by atoms with E-state index in [0.717, 1.165) is 53.4 Å². The highest BCUT2D eigenvalue weighted by Gasteiger charge is 2.29. The first-order valence-corrected chi connectivity index (χ1v) is 11.0. The lowest BCUT2D eigenvalue weighted by atomic mass is 9.73. The van der Waals surface area contributed by atoms with Crippen LogP contribution in [0.2, 0.25) is 0 Å². The smallest absolute Gasteiger partial charge is 0.159 e. The number of rotatable bonds is 4. The number of halogens is 1. The van der Waals surface area contributed by atoms with Crippen molar-refractivity contribution in [3.05, 3.63) is 71.4 Å². The number of nitrogens with zero attached hydrogens (tertiary/aromatic N) is 2. The van der Waals surface area contributed by atoms with Gasteiger partial charge in [-0.1, -0.05) is 6.92 Å². The summed E-state index contributed by atoms with van der Waals surface area (Å²) >= 11 is 0. The van der Waals surface area contributed by atoms with E-state index in [-0.39, 0.29) is 11.6 Å². The fraction of sp³-hybridized carbons (Fsp3) is 0.346. The van der Waals surface area contributed by atoms with E-state index in [1.165, 1.54) is 11.6 Å². The average molecular weight is 416 g/mol. The van der Waals surface area contributed by atoms with Gasteiger partial charge in [-0.05, 0) is 92.5 Å². The third kappa shape index (κ3) is 3.73. The molecule has 0 bridgehead atoms. The van der Waals surface area contributed by atoms with Gasteiger partial charge in [0, 0.05) is 23.1 Å². The van der Waals surface area contributed by atoms with Gasteiger partial charge in [-0.3, -0.25) is 9.78 Å². The Labute approximate surface area is 180 Å². The molecular weight excluding hydrogens is 389 g/mol. The van der Waals surface area contributed by atoms with Gasteiger partial charge in [-0.2, -0.15) is 0 Å². The molecule has 1 N–H and O–H groups in total.